The highest BCUT2D eigenvalue weighted by atomic mass is 19.2. The molecule has 0 bridgehead atoms. The quantitative estimate of drug-likeness (QED) is 0.912. The largest absolute Gasteiger partial charge is 0.481 e. The number of hydrogen-bond acceptors (Lipinski definition) is 2. The minimum Gasteiger partial charge on any atom is -0.481 e. The molecule has 19 heavy (non-hydrogen) atoms. The van der Waals surface area contributed by atoms with Gasteiger partial charge in [-0.25, -0.2) is 8.78 Å². The predicted molar refractivity (Wildman–Crippen MR) is 62.2 cm³/mol. The zero-order valence-corrected chi connectivity index (χ0v) is 10.3. The summed E-state index contributed by atoms with van der Waals surface area (Å²) in [6.45, 7) is 2.04. The van der Waals surface area contributed by atoms with Crippen LogP contribution in [0.1, 0.15) is 24.9 Å². The molecule has 0 aromatic heterocycles. The molecular weight excluding hydrogens is 256 g/mol. The summed E-state index contributed by atoms with van der Waals surface area (Å²) in [6, 6.07) is 2.47. The van der Waals surface area contributed by atoms with Crippen LogP contribution in [0.15, 0.2) is 18.2 Å². The van der Waals surface area contributed by atoms with Gasteiger partial charge in [0.15, 0.2) is 11.6 Å². The van der Waals surface area contributed by atoms with E-state index in [1.165, 1.54) is 11.0 Å². The molecule has 2 rings (SSSR count). The highest BCUT2D eigenvalue weighted by Gasteiger charge is 2.44. The minimum atomic E-state index is -1.11. The number of halogens is 2. The van der Waals surface area contributed by atoms with Gasteiger partial charge >= 0.3 is 5.97 Å². The summed E-state index contributed by atoms with van der Waals surface area (Å²) >= 11 is 0. The van der Waals surface area contributed by atoms with Gasteiger partial charge < -0.3 is 10.0 Å². The summed E-state index contributed by atoms with van der Waals surface area (Å²) < 4.78 is 26.2. The Bertz CT molecular complexity index is 533. The fourth-order valence-corrected chi connectivity index (χ4v) is 2.49. The first-order chi connectivity index (χ1) is 8.95. The van der Waals surface area contributed by atoms with Crippen LogP contribution in [0.25, 0.3) is 0 Å². The average molecular weight is 269 g/mol. The van der Waals surface area contributed by atoms with Gasteiger partial charge in [-0.2, -0.15) is 0 Å². The van der Waals surface area contributed by atoms with Crippen LogP contribution in [-0.2, 0) is 9.59 Å². The molecule has 0 aliphatic carbocycles. The van der Waals surface area contributed by atoms with Crippen molar-refractivity contribution in [3.63, 3.8) is 0 Å². The second-order valence-corrected chi connectivity index (χ2v) is 4.45. The van der Waals surface area contributed by atoms with Crippen molar-refractivity contribution < 1.29 is 23.5 Å². The first-order valence-corrected chi connectivity index (χ1v) is 5.93. The number of carboxylic acid groups (broad SMARTS) is 1. The monoisotopic (exact) mass is 269 g/mol. The first kappa shape index (κ1) is 13.5. The summed E-state index contributed by atoms with van der Waals surface area (Å²) in [5, 5.41) is 9.15. The molecule has 6 heteroatoms. The smallest absolute Gasteiger partial charge is 0.309 e. The standard InChI is InChI=1S/C13H13F2NO3/c1-2-16-11(17)6-8(13(18)19)12(16)7-3-4-9(14)10(15)5-7/h3-5,8,12H,2,6H2,1H3,(H,18,19). The van der Waals surface area contributed by atoms with Crippen LogP contribution in [-0.4, -0.2) is 28.4 Å². The first-order valence-electron chi connectivity index (χ1n) is 5.93. The van der Waals surface area contributed by atoms with Crippen molar-refractivity contribution in [1.82, 2.24) is 4.90 Å². The average Bonchev–Trinajstić information content (AvgIpc) is 2.69. The van der Waals surface area contributed by atoms with Gasteiger partial charge in [0.2, 0.25) is 5.91 Å². The Morgan fingerprint density at radius 2 is 2.11 bits per heavy atom. The second-order valence-electron chi connectivity index (χ2n) is 4.45. The topological polar surface area (TPSA) is 57.6 Å². The number of carboxylic acids is 1. The van der Waals surface area contributed by atoms with Crippen LogP contribution in [0.4, 0.5) is 8.78 Å². The molecule has 102 valence electrons. The van der Waals surface area contributed by atoms with Gasteiger partial charge in [0.05, 0.1) is 12.0 Å². The molecule has 1 saturated heterocycles. The van der Waals surface area contributed by atoms with Crippen molar-refractivity contribution in [2.24, 2.45) is 5.92 Å². The van der Waals surface area contributed by atoms with Gasteiger partial charge in [-0.15, -0.1) is 0 Å². The lowest BCUT2D eigenvalue weighted by Crippen LogP contribution is -2.30. The van der Waals surface area contributed by atoms with E-state index in [9.17, 15) is 18.4 Å². The van der Waals surface area contributed by atoms with E-state index in [2.05, 4.69) is 0 Å². The third-order valence-electron chi connectivity index (χ3n) is 3.37. The molecule has 0 spiro atoms. The lowest BCUT2D eigenvalue weighted by Gasteiger charge is -2.26. The minimum absolute atomic E-state index is 0.118. The van der Waals surface area contributed by atoms with Crippen molar-refractivity contribution in [3.8, 4) is 0 Å². The van der Waals surface area contributed by atoms with E-state index < -0.39 is 29.6 Å². The van der Waals surface area contributed by atoms with Crippen molar-refractivity contribution in [1.29, 1.82) is 0 Å². The van der Waals surface area contributed by atoms with E-state index in [0.29, 0.717) is 12.1 Å². The number of aliphatic carboxylic acids is 1. The van der Waals surface area contributed by atoms with Gasteiger partial charge in [0.25, 0.3) is 0 Å². The van der Waals surface area contributed by atoms with Crippen molar-refractivity contribution in [2.75, 3.05) is 6.54 Å². The third-order valence-corrected chi connectivity index (χ3v) is 3.37. The predicted octanol–water partition coefficient (Wildman–Crippen LogP) is 1.96. The highest BCUT2D eigenvalue weighted by Crippen LogP contribution is 2.38. The van der Waals surface area contributed by atoms with Gasteiger partial charge in [-0.3, -0.25) is 9.59 Å². The number of rotatable bonds is 3. The number of amides is 1. The maximum atomic E-state index is 13.3. The third kappa shape index (κ3) is 2.30. The Labute approximate surface area is 108 Å². The van der Waals surface area contributed by atoms with E-state index in [0.717, 1.165) is 12.1 Å². The Morgan fingerprint density at radius 1 is 1.42 bits per heavy atom. The van der Waals surface area contributed by atoms with E-state index in [-0.39, 0.29) is 12.3 Å². The lowest BCUT2D eigenvalue weighted by atomic mass is 9.93. The van der Waals surface area contributed by atoms with Crippen LogP contribution in [0.5, 0.6) is 0 Å². The number of hydrogen-bond donors (Lipinski definition) is 1. The van der Waals surface area contributed by atoms with E-state index in [1.54, 1.807) is 6.92 Å². The summed E-state index contributed by atoms with van der Waals surface area (Å²) in [7, 11) is 0. The number of nitrogens with zero attached hydrogens (tertiary/aromatic N) is 1. The highest BCUT2D eigenvalue weighted by molar-refractivity contribution is 5.87. The molecule has 1 aromatic carbocycles. The summed E-state index contributed by atoms with van der Waals surface area (Å²) in [5.41, 5.74) is 0.305. The molecule has 4 nitrogen and oxygen atoms in total. The van der Waals surface area contributed by atoms with Crippen LogP contribution in [0.3, 0.4) is 0 Å². The maximum absolute atomic E-state index is 13.3. The maximum Gasteiger partial charge on any atom is 0.309 e. The SMILES string of the molecule is CCN1C(=O)CC(C(=O)O)C1c1ccc(F)c(F)c1. The number of benzene rings is 1. The molecule has 1 N–H and O–H groups in total. The van der Waals surface area contributed by atoms with Gasteiger partial charge in [-0.1, -0.05) is 6.07 Å². The van der Waals surface area contributed by atoms with Crippen molar-refractivity contribution in [2.45, 2.75) is 19.4 Å². The molecule has 0 saturated carbocycles. The van der Waals surface area contributed by atoms with E-state index in [1.807, 2.05) is 0 Å². The number of likely N-dealkylation sites (tertiary alicyclic amines) is 1. The molecule has 0 radical (unpaired) electrons. The lowest BCUT2D eigenvalue weighted by molar-refractivity contribution is -0.142. The summed E-state index contributed by atoms with van der Waals surface area (Å²) in [6.07, 6.45) is -0.118. The van der Waals surface area contributed by atoms with Crippen LogP contribution < -0.4 is 0 Å². The molecule has 1 aromatic rings. The van der Waals surface area contributed by atoms with Crippen LogP contribution >= 0.6 is 0 Å². The fourth-order valence-electron chi connectivity index (χ4n) is 2.49. The van der Waals surface area contributed by atoms with Gasteiger partial charge in [0.1, 0.15) is 0 Å². The second kappa shape index (κ2) is 4.95. The zero-order chi connectivity index (χ0) is 14.2. The Kier molecular flexibility index (Phi) is 3.50. The molecule has 2 unspecified atom stereocenters. The van der Waals surface area contributed by atoms with E-state index in [4.69, 9.17) is 5.11 Å². The summed E-state index contributed by atoms with van der Waals surface area (Å²) in [5.74, 6) is -4.37. The Balaban J connectivity index is 2.45. The molecule has 1 amide bonds. The van der Waals surface area contributed by atoms with Gasteiger partial charge in [-0.05, 0) is 24.6 Å². The molecule has 1 aliphatic rings. The van der Waals surface area contributed by atoms with Crippen molar-refractivity contribution in [3.05, 3.63) is 35.4 Å². The normalized spacial score (nSPS) is 22.9. The van der Waals surface area contributed by atoms with Crippen LogP contribution in [0.2, 0.25) is 0 Å². The Morgan fingerprint density at radius 3 is 2.63 bits per heavy atom. The van der Waals surface area contributed by atoms with Crippen LogP contribution in [0, 0.1) is 17.6 Å². The zero-order valence-electron chi connectivity index (χ0n) is 10.3. The molecule has 2 atom stereocenters. The molecule has 1 fully saturated rings. The van der Waals surface area contributed by atoms with E-state index >= 15 is 0 Å². The molecule has 1 heterocycles. The summed E-state index contributed by atoms with van der Waals surface area (Å²) in [4.78, 5) is 24.3. The molecular formula is C13H13F2NO3. The number of carbonyl (C=O) groups excluding carboxylic acids is 1. The number of carbonyl (C=O) groups is 2. The van der Waals surface area contributed by atoms with Gasteiger partial charge in [0, 0.05) is 13.0 Å². The molecule has 1 aliphatic heterocycles. The Hall–Kier alpha value is -1.98. The van der Waals surface area contributed by atoms with Crippen molar-refractivity contribution >= 4 is 11.9 Å². The fraction of sp³-hybridized carbons (Fsp3) is 0.385.